The summed E-state index contributed by atoms with van der Waals surface area (Å²) >= 11 is 0. The Hall–Kier alpha value is -1.88. The lowest BCUT2D eigenvalue weighted by Gasteiger charge is -2.33. The van der Waals surface area contributed by atoms with E-state index < -0.39 is 0 Å². The fourth-order valence-corrected chi connectivity index (χ4v) is 2.81. The number of hydrogen-bond donors (Lipinski definition) is 1. The quantitative estimate of drug-likeness (QED) is 0.932. The van der Waals surface area contributed by atoms with E-state index in [1.54, 1.807) is 24.3 Å². The molecule has 0 spiro atoms. The number of amides is 2. The molecule has 118 valence electrons. The van der Waals surface area contributed by atoms with Gasteiger partial charge in [0.25, 0.3) is 5.91 Å². The first-order valence-electron chi connectivity index (χ1n) is 7.95. The minimum Gasteiger partial charge on any atom is -0.377 e. The number of ether oxygens (including phenoxy) is 1. The summed E-state index contributed by atoms with van der Waals surface area (Å²) in [6, 6.07) is 7.25. The molecule has 1 N–H and O–H groups in total. The maximum absolute atomic E-state index is 12.5. The van der Waals surface area contributed by atoms with E-state index in [1.165, 1.54) is 0 Å². The molecular weight excluding hydrogens is 280 g/mol. The van der Waals surface area contributed by atoms with Crippen LogP contribution in [0, 0.1) is 5.92 Å². The molecule has 5 nitrogen and oxygen atoms in total. The highest BCUT2D eigenvalue weighted by molar-refractivity contribution is 5.96. The van der Waals surface area contributed by atoms with Crippen LogP contribution in [0.4, 0.5) is 5.69 Å². The molecule has 1 heterocycles. The van der Waals surface area contributed by atoms with Gasteiger partial charge in [-0.3, -0.25) is 9.59 Å². The first-order valence-corrected chi connectivity index (χ1v) is 7.95. The zero-order valence-corrected chi connectivity index (χ0v) is 12.9. The second-order valence-electron chi connectivity index (χ2n) is 6.12. The molecule has 0 radical (unpaired) electrons. The van der Waals surface area contributed by atoms with E-state index in [9.17, 15) is 9.59 Å². The van der Waals surface area contributed by atoms with Gasteiger partial charge in [-0.2, -0.15) is 0 Å². The Labute approximate surface area is 130 Å². The Kier molecular flexibility index (Phi) is 4.43. The van der Waals surface area contributed by atoms with E-state index in [4.69, 9.17) is 4.74 Å². The summed E-state index contributed by atoms with van der Waals surface area (Å²) in [5, 5.41) is 2.91. The molecule has 0 bridgehead atoms. The van der Waals surface area contributed by atoms with Crippen molar-refractivity contribution >= 4 is 17.5 Å². The summed E-state index contributed by atoms with van der Waals surface area (Å²) < 4.78 is 5.36. The third kappa shape index (κ3) is 3.14. The molecule has 1 saturated carbocycles. The van der Waals surface area contributed by atoms with Crippen LogP contribution in [0.3, 0.4) is 0 Å². The molecule has 2 fully saturated rings. The third-order valence-corrected chi connectivity index (χ3v) is 4.50. The summed E-state index contributed by atoms with van der Waals surface area (Å²) in [6.07, 6.45) is 3.11. The van der Waals surface area contributed by atoms with Crippen LogP contribution in [0.15, 0.2) is 24.3 Å². The molecule has 2 amide bonds. The summed E-state index contributed by atoms with van der Waals surface area (Å²) in [5.74, 6) is 0.273. The van der Waals surface area contributed by atoms with Gasteiger partial charge in [-0.25, -0.2) is 0 Å². The average Bonchev–Trinajstić information content (AvgIpc) is 2.46. The predicted octanol–water partition coefficient (Wildman–Crippen LogP) is 2.29. The van der Waals surface area contributed by atoms with Crippen molar-refractivity contribution in [1.29, 1.82) is 0 Å². The van der Waals surface area contributed by atoms with Crippen molar-refractivity contribution in [3.8, 4) is 0 Å². The molecule has 1 aliphatic carbocycles. The Morgan fingerprint density at radius 3 is 2.55 bits per heavy atom. The third-order valence-electron chi connectivity index (χ3n) is 4.50. The lowest BCUT2D eigenvalue weighted by Crippen LogP contribution is -2.47. The molecule has 22 heavy (non-hydrogen) atoms. The van der Waals surface area contributed by atoms with Gasteiger partial charge in [0.2, 0.25) is 5.91 Å². The van der Waals surface area contributed by atoms with Crippen LogP contribution in [0.5, 0.6) is 0 Å². The lowest BCUT2D eigenvalue weighted by molar-refractivity contribution is -0.122. The van der Waals surface area contributed by atoms with Crippen molar-refractivity contribution in [3.63, 3.8) is 0 Å². The molecule has 3 rings (SSSR count). The van der Waals surface area contributed by atoms with E-state index >= 15 is 0 Å². The molecule has 1 atom stereocenters. The SMILES string of the molecule is CC1COCCN1C(=O)c1ccc(NC(=O)C2CCC2)cc1. The van der Waals surface area contributed by atoms with Gasteiger partial charge in [-0.15, -0.1) is 0 Å². The second kappa shape index (κ2) is 6.48. The molecule has 1 aromatic carbocycles. The molecule has 0 aromatic heterocycles. The van der Waals surface area contributed by atoms with Gasteiger partial charge in [0.05, 0.1) is 19.3 Å². The average molecular weight is 302 g/mol. The Morgan fingerprint density at radius 2 is 1.95 bits per heavy atom. The number of benzene rings is 1. The van der Waals surface area contributed by atoms with Crippen molar-refractivity contribution in [2.45, 2.75) is 32.2 Å². The summed E-state index contributed by atoms with van der Waals surface area (Å²) in [7, 11) is 0. The minimum absolute atomic E-state index is 0.0210. The van der Waals surface area contributed by atoms with Crippen LogP contribution in [0.2, 0.25) is 0 Å². The van der Waals surface area contributed by atoms with Gasteiger partial charge in [-0.1, -0.05) is 6.42 Å². The van der Waals surface area contributed by atoms with E-state index in [0.717, 1.165) is 24.9 Å². The van der Waals surface area contributed by atoms with Crippen molar-refractivity contribution < 1.29 is 14.3 Å². The number of anilines is 1. The van der Waals surface area contributed by atoms with Crippen LogP contribution >= 0.6 is 0 Å². The molecular formula is C17H22N2O3. The number of carbonyl (C=O) groups excluding carboxylic acids is 2. The number of rotatable bonds is 3. The minimum atomic E-state index is 0.0210. The van der Waals surface area contributed by atoms with E-state index in [1.807, 2.05) is 11.8 Å². The number of carbonyl (C=O) groups is 2. The molecule has 1 aromatic rings. The zero-order valence-electron chi connectivity index (χ0n) is 12.9. The highest BCUT2D eigenvalue weighted by Crippen LogP contribution is 2.27. The highest BCUT2D eigenvalue weighted by Gasteiger charge is 2.26. The van der Waals surface area contributed by atoms with Gasteiger partial charge >= 0.3 is 0 Å². The Balaban J connectivity index is 1.63. The fourth-order valence-electron chi connectivity index (χ4n) is 2.81. The summed E-state index contributed by atoms with van der Waals surface area (Å²) in [4.78, 5) is 26.2. The van der Waals surface area contributed by atoms with Crippen LogP contribution in [-0.2, 0) is 9.53 Å². The van der Waals surface area contributed by atoms with Gasteiger partial charge in [0, 0.05) is 23.7 Å². The van der Waals surface area contributed by atoms with Crippen LogP contribution in [0.1, 0.15) is 36.5 Å². The Morgan fingerprint density at radius 1 is 1.23 bits per heavy atom. The van der Waals surface area contributed by atoms with E-state index in [0.29, 0.717) is 25.3 Å². The van der Waals surface area contributed by atoms with Crippen molar-refractivity contribution in [1.82, 2.24) is 4.90 Å². The number of nitrogens with one attached hydrogen (secondary N) is 1. The number of morpholine rings is 1. The molecule has 2 aliphatic rings. The molecule has 1 unspecified atom stereocenters. The van der Waals surface area contributed by atoms with Crippen LogP contribution in [0.25, 0.3) is 0 Å². The molecule has 1 aliphatic heterocycles. The van der Waals surface area contributed by atoms with Crippen LogP contribution < -0.4 is 5.32 Å². The first kappa shape index (κ1) is 15.0. The lowest BCUT2D eigenvalue weighted by atomic mass is 9.85. The first-order chi connectivity index (χ1) is 10.6. The van der Waals surface area contributed by atoms with Crippen molar-refractivity contribution in [3.05, 3.63) is 29.8 Å². The standard InChI is InChI=1S/C17H22N2O3/c1-12-11-22-10-9-19(12)17(21)14-5-7-15(8-6-14)18-16(20)13-3-2-4-13/h5-8,12-13H,2-4,9-11H2,1H3,(H,18,20). The molecule has 5 heteroatoms. The van der Waals surface area contributed by atoms with E-state index in [-0.39, 0.29) is 23.8 Å². The second-order valence-corrected chi connectivity index (χ2v) is 6.12. The maximum Gasteiger partial charge on any atom is 0.254 e. The monoisotopic (exact) mass is 302 g/mol. The Bertz CT molecular complexity index is 552. The van der Waals surface area contributed by atoms with E-state index in [2.05, 4.69) is 5.32 Å². The number of nitrogens with zero attached hydrogens (tertiary/aromatic N) is 1. The van der Waals surface area contributed by atoms with Crippen molar-refractivity contribution in [2.75, 3.05) is 25.1 Å². The van der Waals surface area contributed by atoms with Gasteiger partial charge < -0.3 is 15.0 Å². The van der Waals surface area contributed by atoms with Gasteiger partial charge in [0.1, 0.15) is 0 Å². The molecule has 1 saturated heterocycles. The smallest absolute Gasteiger partial charge is 0.254 e. The van der Waals surface area contributed by atoms with Crippen LogP contribution in [-0.4, -0.2) is 42.5 Å². The maximum atomic E-state index is 12.5. The normalized spacial score (nSPS) is 22.0. The van der Waals surface area contributed by atoms with Gasteiger partial charge in [-0.05, 0) is 44.0 Å². The highest BCUT2D eigenvalue weighted by atomic mass is 16.5. The topological polar surface area (TPSA) is 58.6 Å². The largest absolute Gasteiger partial charge is 0.377 e. The zero-order chi connectivity index (χ0) is 15.5. The summed E-state index contributed by atoms with van der Waals surface area (Å²) in [6.45, 7) is 3.79. The summed E-state index contributed by atoms with van der Waals surface area (Å²) in [5.41, 5.74) is 1.40. The van der Waals surface area contributed by atoms with Gasteiger partial charge in [0.15, 0.2) is 0 Å². The number of hydrogen-bond acceptors (Lipinski definition) is 3. The fraction of sp³-hybridized carbons (Fsp3) is 0.529. The van der Waals surface area contributed by atoms with Crippen molar-refractivity contribution in [2.24, 2.45) is 5.92 Å². The predicted molar refractivity (Wildman–Crippen MR) is 83.7 cm³/mol.